The van der Waals surface area contributed by atoms with Crippen molar-refractivity contribution < 1.29 is 9.59 Å². The van der Waals surface area contributed by atoms with Crippen LogP contribution < -0.4 is 16.0 Å². The molecule has 1 rings (SSSR count). The summed E-state index contributed by atoms with van der Waals surface area (Å²) in [5, 5.41) is 10.0. The highest BCUT2D eigenvalue weighted by molar-refractivity contribution is 7.12. The van der Waals surface area contributed by atoms with Crippen LogP contribution in [0, 0.1) is 5.92 Å². The molecule has 0 bridgehead atoms. The lowest BCUT2D eigenvalue weighted by molar-refractivity contribution is 0.0958. The van der Waals surface area contributed by atoms with Crippen LogP contribution >= 0.6 is 11.3 Å². The van der Waals surface area contributed by atoms with Crippen LogP contribution in [-0.2, 0) is 0 Å². The summed E-state index contributed by atoms with van der Waals surface area (Å²) in [5.74, 6) is 0.323. The minimum Gasteiger partial charge on any atom is -0.350 e. The first kappa shape index (κ1) is 14.5. The van der Waals surface area contributed by atoms with E-state index >= 15 is 0 Å². The maximum atomic E-state index is 11.5. The van der Waals surface area contributed by atoms with Gasteiger partial charge in [-0.1, -0.05) is 19.9 Å². The van der Waals surface area contributed by atoms with E-state index in [2.05, 4.69) is 16.0 Å². The number of carbonyl (C=O) groups is 2. The largest absolute Gasteiger partial charge is 0.350 e. The second-order valence-electron chi connectivity index (χ2n) is 4.26. The first-order chi connectivity index (χ1) is 8.59. The highest BCUT2D eigenvalue weighted by atomic mass is 32.1. The van der Waals surface area contributed by atoms with Crippen LogP contribution in [0.2, 0.25) is 0 Å². The van der Waals surface area contributed by atoms with Crippen molar-refractivity contribution in [2.75, 3.05) is 19.6 Å². The molecule has 0 saturated carbocycles. The van der Waals surface area contributed by atoms with Crippen LogP contribution in [0.5, 0.6) is 0 Å². The fourth-order valence-corrected chi connectivity index (χ4v) is 1.85. The van der Waals surface area contributed by atoms with Gasteiger partial charge in [-0.05, 0) is 17.4 Å². The zero-order valence-corrected chi connectivity index (χ0v) is 11.5. The fraction of sp³-hybridized carbons (Fsp3) is 0.500. The third kappa shape index (κ3) is 5.67. The second kappa shape index (κ2) is 7.71. The predicted molar refractivity (Wildman–Crippen MR) is 72.9 cm³/mol. The quantitative estimate of drug-likeness (QED) is 0.684. The van der Waals surface area contributed by atoms with Gasteiger partial charge in [0.15, 0.2) is 0 Å². The molecule has 0 saturated heterocycles. The minimum atomic E-state index is -0.200. The van der Waals surface area contributed by atoms with Crippen LogP contribution in [0.4, 0.5) is 4.79 Å². The number of thiophene rings is 1. The molecule has 3 amide bonds. The molecule has 3 N–H and O–H groups in total. The van der Waals surface area contributed by atoms with Crippen molar-refractivity contribution in [3.63, 3.8) is 0 Å². The van der Waals surface area contributed by atoms with Crippen LogP contribution in [-0.4, -0.2) is 31.6 Å². The molecule has 0 fully saturated rings. The van der Waals surface area contributed by atoms with Gasteiger partial charge in [0.1, 0.15) is 0 Å². The van der Waals surface area contributed by atoms with Gasteiger partial charge in [0.25, 0.3) is 5.91 Å². The Labute approximate surface area is 111 Å². The SMILES string of the molecule is CC(C)CNC(=O)NCCNC(=O)c1cccs1. The van der Waals surface area contributed by atoms with Crippen molar-refractivity contribution in [1.82, 2.24) is 16.0 Å². The van der Waals surface area contributed by atoms with Gasteiger partial charge in [-0.3, -0.25) is 4.79 Å². The molecule has 1 aromatic heterocycles. The highest BCUT2D eigenvalue weighted by Gasteiger charge is 2.05. The third-order valence-corrected chi connectivity index (χ3v) is 2.98. The third-order valence-electron chi connectivity index (χ3n) is 2.11. The summed E-state index contributed by atoms with van der Waals surface area (Å²) in [7, 11) is 0. The summed E-state index contributed by atoms with van der Waals surface area (Å²) in [5.41, 5.74) is 0. The van der Waals surface area contributed by atoms with Crippen LogP contribution in [0.1, 0.15) is 23.5 Å². The molecule has 1 heterocycles. The first-order valence-electron chi connectivity index (χ1n) is 5.93. The fourth-order valence-electron chi connectivity index (χ4n) is 1.21. The van der Waals surface area contributed by atoms with Crippen molar-refractivity contribution in [3.05, 3.63) is 22.4 Å². The molecule has 6 heteroatoms. The van der Waals surface area contributed by atoms with E-state index in [9.17, 15) is 9.59 Å². The van der Waals surface area contributed by atoms with E-state index in [1.807, 2.05) is 25.3 Å². The lowest BCUT2D eigenvalue weighted by atomic mass is 10.2. The smallest absolute Gasteiger partial charge is 0.314 e. The van der Waals surface area contributed by atoms with E-state index in [4.69, 9.17) is 0 Å². The summed E-state index contributed by atoms with van der Waals surface area (Å²) in [6.45, 7) is 5.54. The summed E-state index contributed by atoms with van der Waals surface area (Å²) in [6, 6.07) is 3.40. The zero-order chi connectivity index (χ0) is 13.4. The van der Waals surface area contributed by atoms with Crippen LogP contribution in [0.25, 0.3) is 0 Å². The number of carbonyl (C=O) groups excluding carboxylic acids is 2. The molecule has 0 aliphatic heterocycles. The number of rotatable bonds is 6. The van der Waals surface area contributed by atoms with Crippen molar-refractivity contribution in [1.29, 1.82) is 0 Å². The van der Waals surface area contributed by atoms with E-state index in [0.29, 0.717) is 30.4 Å². The van der Waals surface area contributed by atoms with Crippen molar-refractivity contribution in [2.45, 2.75) is 13.8 Å². The molecule has 0 spiro atoms. The number of nitrogens with one attached hydrogen (secondary N) is 3. The van der Waals surface area contributed by atoms with Gasteiger partial charge >= 0.3 is 6.03 Å². The summed E-state index contributed by atoms with van der Waals surface area (Å²) >= 11 is 1.39. The van der Waals surface area contributed by atoms with Gasteiger partial charge in [0.2, 0.25) is 0 Å². The molecule has 0 aliphatic carbocycles. The number of amides is 3. The van der Waals surface area contributed by atoms with Gasteiger partial charge in [0.05, 0.1) is 4.88 Å². The summed E-state index contributed by atoms with van der Waals surface area (Å²) < 4.78 is 0. The molecule has 18 heavy (non-hydrogen) atoms. The maximum absolute atomic E-state index is 11.5. The van der Waals surface area contributed by atoms with Crippen LogP contribution in [0.15, 0.2) is 17.5 Å². The average molecular weight is 269 g/mol. The Balaban J connectivity index is 2.08. The Hall–Kier alpha value is -1.56. The van der Waals surface area contributed by atoms with Crippen molar-refractivity contribution in [3.8, 4) is 0 Å². The summed E-state index contributed by atoms with van der Waals surface area (Å²) in [4.78, 5) is 23.5. The predicted octanol–water partition coefficient (Wildman–Crippen LogP) is 1.43. The van der Waals surface area contributed by atoms with Gasteiger partial charge in [-0.15, -0.1) is 11.3 Å². The van der Waals surface area contributed by atoms with E-state index in [1.165, 1.54) is 11.3 Å². The second-order valence-corrected chi connectivity index (χ2v) is 5.21. The van der Waals surface area contributed by atoms with E-state index in [0.717, 1.165) is 0 Å². The molecule has 0 aromatic carbocycles. The Kier molecular flexibility index (Phi) is 6.21. The monoisotopic (exact) mass is 269 g/mol. The van der Waals surface area contributed by atoms with Gasteiger partial charge in [-0.2, -0.15) is 0 Å². The Morgan fingerprint density at radius 2 is 1.94 bits per heavy atom. The molecule has 1 aromatic rings. The Bertz CT molecular complexity index is 377. The molecule has 0 atom stereocenters. The lowest BCUT2D eigenvalue weighted by Crippen LogP contribution is -2.41. The number of hydrogen-bond donors (Lipinski definition) is 3. The Morgan fingerprint density at radius 1 is 1.22 bits per heavy atom. The standard InChI is InChI=1S/C12H19N3O2S/c1-9(2)8-15-12(17)14-6-5-13-11(16)10-4-3-7-18-10/h3-4,7,9H,5-6,8H2,1-2H3,(H,13,16)(H2,14,15,17). The molecule has 100 valence electrons. The van der Waals surface area contributed by atoms with E-state index in [1.54, 1.807) is 6.07 Å². The highest BCUT2D eigenvalue weighted by Crippen LogP contribution is 2.07. The molecular formula is C12H19N3O2S. The van der Waals surface area contributed by atoms with Crippen molar-refractivity contribution in [2.24, 2.45) is 5.92 Å². The molecule has 5 nitrogen and oxygen atoms in total. The topological polar surface area (TPSA) is 70.2 Å². The van der Waals surface area contributed by atoms with Gasteiger partial charge in [0, 0.05) is 19.6 Å². The zero-order valence-electron chi connectivity index (χ0n) is 10.7. The molecule has 0 aliphatic rings. The average Bonchev–Trinajstić information content (AvgIpc) is 2.85. The van der Waals surface area contributed by atoms with Crippen LogP contribution in [0.3, 0.4) is 0 Å². The molecule has 0 unspecified atom stereocenters. The lowest BCUT2D eigenvalue weighted by Gasteiger charge is -2.09. The molecule has 0 radical (unpaired) electrons. The normalized spacial score (nSPS) is 10.2. The Morgan fingerprint density at radius 3 is 2.56 bits per heavy atom. The van der Waals surface area contributed by atoms with E-state index < -0.39 is 0 Å². The maximum Gasteiger partial charge on any atom is 0.314 e. The summed E-state index contributed by atoms with van der Waals surface area (Å²) in [6.07, 6.45) is 0. The van der Waals surface area contributed by atoms with Gasteiger partial charge < -0.3 is 16.0 Å². The first-order valence-corrected chi connectivity index (χ1v) is 6.81. The minimum absolute atomic E-state index is 0.102. The molecular weight excluding hydrogens is 250 g/mol. The number of hydrogen-bond acceptors (Lipinski definition) is 3. The van der Waals surface area contributed by atoms with E-state index in [-0.39, 0.29) is 11.9 Å². The number of urea groups is 1. The van der Waals surface area contributed by atoms with Gasteiger partial charge in [-0.25, -0.2) is 4.79 Å². The van der Waals surface area contributed by atoms with Crippen molar-refractivity contribution >= 4 is 23.3 Å².